The molecule has 1 amide bonds. The summed E-state index contributed by atoms with van der Waals surface area (Å²) in [6, 6.07) is 19.8. The summed E-state index contributed by atoms with van der Waals surface area (Å²) in [7, 11) is 3.76. The van der Waals surface area contributed by atoms with Crippen molar-refractivity contribution in [2.24, 2.45) is 7.05 Å². The van der Waals surface area contributed by atoms with E-state index in [4.69, 9.17) is 5.10 Å². The topological polar surface area (TPSA) is 56.0 Å². The molecule has 4 aromatic rings. The summed E-state index contributed by atoms with van der Waals surface area (Å²) in [5, 5.41) is 9.34. The molecule has 0 N–H and O–H groups in total. The molecule has 2 aromatic carbocycles. The summed E-state index contributed by atoms with van der Waals surface area (Å²) in [5.41, 5.74) is 7.07. The summed E-state index contributed by atoms with van der Waals surface area (Å²) in [6.07, 6.45) is 0. The zero-order chi connectivity index (χ0) is 22.1. The van der Waals surface area contributed by atoms with Gasteiger partial charge in [0.1, 0.15) is 5.69 Å². The van der Waals surface area contributed by atoms with E-state index < -0.39 is 0 Å². The number of hydrogen-bond donors (Lipinski definition) is 0. The van der Waals surface area contributed by atoms with E-state index in [9.17, 15) is 4.79 Å². The second kappa shape index (κ2) is 8.22. The molecule has 0 atom stereocenters. The van der Waals surface area contributed by atoms with Crippen LogP contribution in [0.15, 0.2) is 60.7 Å². The van der Waals surface area contributed by atoms with Gasteiger partial charge in [-0.1, -0.05) is 48.5 Å². The minimum Gasteiger partial charge on any atom is -0.337 e. The molecule has 0 fully saturated rings. The number of aryl methyl sites for hydroxylation is 2. The first kappa shape index (κ1) is 20.6. The standard InChI is InChI=1S/C25H27N5O/c1-17-22(18(2)29(5)26-17)16-28(4)25(31)23-19(3)30(21-14-10-7-11-15-21)27-24(23)20-12-8-6-9-13-20/h6-15H,16H2,1-5H3. The predicted molar refractivity (Wildman–Crippen MR) is 122 cm³/mol. The number of hydrogen-bond acceptors (Lipinski definition) is 3. The van der Waals surface area contributed by atoms with Gasteiger partial charge in [-0.15, -0.1) is 0 Å². The highest BCUT2D eigenvalue weighted by Crippen LogP contribution is 2.29. The van der Waals surface area contributed by atoms with Crippen molar-refractivity contribution in [3.63, 3.8) is 0 Å². The molecule has 6 heteroatoms. The van der Waals surface area contributed by atoms with Gasteiger partial charge in [0.15, 0.2) is 0 Å². The van der Waals surface area contributed by atoms with E-state index >= 15 is 0 Å². The number of carbonyl (C=O) groups excluding carboxylic acids is 1. The SMILES string of the molecule is Cc1nn(C)c(C)c1CN(C)C(=O)c1c(-c2ccccc2)nn(-c2ccccc2)c1C. The summed E-state index contributed by atoms with van der Waals surface area (Å²) in [4.78, 5) is 15.4. The maximum absolute atomic E-state index is 13.7. The van der Waals surface area contributed by atoms with Crippen molar-refractivity contribution in [1.29, 1.82) is 0 Å². The fourth-order valence-electron chi connectivity index (χ4n) is 3.92. The second-order valence-corrected chi connectivity index (χ2v) is 7.86. The zero-order valence-electron chi connectivity index (χ0n) is 18.6. The highest BCUT2D eigenvalue weighted by Gasteiger charge is 2.26. The highest BCUT2D eigenvalue weighted by molar-refractivity contribution is 6.01. The Morgan fingerprint density at radius 1 is 0.903 bits per heavy atom. The number of rotatable bonds is 5. The molecule has 4 rings (SSSR count). The molecular formula is C25H27N5O. The summed E-state index contributed by atoms with van der Waals surface area (Å²) in [5.74, 6) is -0.0545. The molecule has 0 aliphatic rings. The van der Waals surface area contributed by atoms with Gasteiger partial charge < -0.3 is 4.90 Å². The largest absolute Gasteiger partial charge is 0.337 e. The van der Waals surface area contributed by atoms with Crippen molar-refractivity contribution in [3.8, 4) is 16.9 Å². The molecule has 6 nitrogen and oxygen atoms in total. The third-order valence-corrected chi connectivity index (χ3v) is 5.78. The Kier molecular flexibility index (Phi) is 5.46. The Hall–Kier alpha value is -3.67. The van der Waals surface area contributed by atoms with Gasteiger partial charge in [0.05, 0.1) is 22.6 Å². The Labute approximate surface area is 182 Å². The highest BCUT2D eigenvalue weighted by atomic mass is 16.2. The van der Waals surface area contributed by atoms with Crippen molar-refractivity contribution in [2.75, 3.05) is 7.05 Å². The minimum atomic E-state index is -0.0545. The van der Waals surface area contributed by atoms with E-state index in [2.05, 4.69) is 5.10 Å². The van der Waals surface area contributed by atoms with Crippen LogP contribution in [0.4, 0.5) is 0 Å². The van der Waals surface area contributed by atoms with E-state index in [-0.39, 0.29) is 5.91 Å². The number of para-hydroxylation sites is 1. The average molecular weight is 414 g/mol. The smallest absolute Gasteiger partial charge is 0.258 e. The molecule has 0 saturated carbocycles. The molecule has 0 saturated heterocycles. The Bertz CT molecular complexity index is 1220. The van der Waals surface area contributed by atoms with Gasteiger partial charge in [-0.25, -0.2) is 4.68 Å². The predicted octanol–water partition coefficient (Wildman–Crippen LogP) is 4.47. The maximum atomic E-state index is 13.7. The first-order chi connectivity index (χ1) is 14.9. The van der Waals surface area contributed by atoms with Crippen LogP contribution in [0.5, 0.6) is 0 Å². The van der Waals surface area contributed by atoms with Crippen LogP contribution in [-0.2, 0) is 13.6 Å². The van der Waals surface area contributed by atoms with E-state index in [1.54, 1.807) is 4.90 Å². The van der Waals surface area contributed by atoms with Crippen LogP contribution < -0.4 is 0 Å². The molecule has 0 spiro atoms. The normalized spacial score (nSPS) is 11.0. The number of carbonyl (C=O) groups is 1. The lowest BCUT2D eigenvalue weighted by Crippen LogP contribution is -2.27. The van der Waals surface area contributed by atoms with Crippen LogP contribution in [0, 0.1) is 20.8 Å². The second-order valence-electron chi connectivity index (χ2n) is 7.86. The maximum Gasteiger partial charge on any atom is 0.258 e. The van der Waals surface area contributed by atoms with Crippen LogP contribution >= 0.6 is 0 Å². The monoisotopic (exact) mass is 413 g/mol. The lowest BCUT2D eigenvalue weighted by Gasteiger charge is -2.18. The van der Waals surface area contributed by atoms with Crippen molar-refractivity contribution in [3.05, 3.63) is 88.9 Å². The number of benzene rings is 2. The fourth-order valence-corrected chi connectivity index (χ4v) is 3.92. The van der Waals surface area contributed by atoms with Gasteiger partial charge >= 0.3 is 0 Å². The number of nitrogens with zero attached hydrogens (tertiary/aromatic N) is 5. The lowest BCUT2D eigenvalue weighted by atomic mass is 10.0. The molecule has 0 bridgehead atoms. The van der Waals surface area contributed by atoms with E-state index in [1.807, 2.05) is 105 Å². The van der Waals surface area contributed by atoms with Crippen LogP contribution in [0.1, 0.15) is 33.0 Å². The fraction of sp³-hybridized carbons (Fsp3) is 0.240. The number of amides is 1. The summed E-state index contributed by atoms with van der Waals surface area (Å²) in [6.45, 7) is 6.46. The van der Waals surface area contributed by atoms with Crippen molar-refractivity contribution >= 4 is 5.91 Å². The van der Waals surface area contributed by atoms with Gasteiger partial charge in [0.25, 0.3) is 5.91 Å². The van der Waals surface area contributed by atoms with Crippen LogP contribution in [-0.4, -0.2) is 37.4 Å². The van der Waals surface area contributed by atoms with E-state index in [1.165, 1.54) is 0 Å². The van der Waals surface area contributed by atoms with Crippen molar-refractivity contribution in [1.82, 2.24) is 24.5 Å². The Morgan fingerprint density at radius 2 is 1.52 bits per heavy atom. The van der Waals surface area contributed by atoms with Gasteiger partial charge in [0, 0.05) is 37.5 Å². The molecule has 0 radical (unpaired) electrons. The summed E-state index contributed by atoms with van der Waals surface area (Å²) >= 11 is 0. The molecule has 0 aliphatic carbocycles. The molecule has 31 heavy (non-hydrogen) atoms. The third kappa shape index (κ3) is 3.77. The zero-order valence-corrected chi connectivity index (χ0v) is 18.6. The minimum absolute atomic E-state index is 0.0545. The molecule has 0 unspecified atom stereocenters. The van der Waals surface area contributed by atoms with Gasteiger partial charge in [-0.2, -0.15) is 10.2 Å². The molecular weight excluding hydrogens is 386 g/mol. The van der Waals surface area contributed by atoms with Crippen molar-refractivity contribution in [2.45, 2.75) is 27.3 Å². The van der Waals surface area contributed by atoms with Crippen LogP contribution in [0.25, 0.3) is 16.9 Å². The Morgan fingerprint density at radius 3 is 2.10 bits per heavy atom. The first-order valence-electron chi connectivity index (χ1n) is 10.3. The van der Waals surface area contributed by atoms with Gasteiger partial charge in [0.2, 0.25) is 0 Å². The third-order valence-electron chi connectivity index (χ3n) is 5.78. The lowest BCUT2D eigenvalue weighted by molar-refractivity contribution is 0.0784. The molecule has 0 aliphatic heterocycles. The quantitative estimate of drug-likeness (QED) is 0.485. The van der Waals surface area contributed by atoms with Crippen LogP contribution in [0.2, 0.25) is 0 Å². The Balaban J connectivity index is 1.79. The van der Waals surface area contributed by atoms with Gasteiger partial charge in [-0.05, 0) is 32.9 Å². The average Bonchev–Trinajstić information content (AvgIpc) is 3.25. The van der Waals surface area contributed by atoms with Crippen LogP contribution in [0.3, 0.4) is 0 Å². The van der Waals surface area contributed by atoms with Crippen molar-refractivity contribution < 1.29 is 4.79 Å². The van der Waals surface area contributed by atoms with E-state index in [0.29, 0.717) is 17.8 Å². The molecule has 2 heterocycles. The van der Waals surface area contributed by atoms with E-state index in [0.717, 1.165) is 33.9 Å². The molecule has 158 valence electrons. The number of aromatic nitrogens is 4. The first-order valence-corrected chi connectivity index (χ1v) is 10.3. The van der Waals surface area contributed by atoms with Gasteiger partial charge in [-0.3, -0.25) is 9.48 Å². The molecule has 2 aromatic heterocycles. The summed E-state index contributed by atoms with van der Waals surface area (Å²) < 4.78 is 3.71.